The predicted molar refractivity (Wildman–Crippen MR) is 103 cm³/mol. The summed E-state index contributed by atoms with van der Waals surface area (Å²) in [5.41, 5.74) is 0.821. The molecule has 0 aliphatic heterocycles. The Labute approximate surface area is 161 Å². The Morgan fingerprint density at radius 3 is 2.50 bits per heavy atom. The molecule has 10 heteroatoms. The molecule has 0 atom stereocenters. The molecule has 0 heterocycles. The fourth-order valence-corrected chi connectivity index (χ4v) is 3.50. The highest BCUT2D eigenvalue weighted by Crippen LogP contribution is 2.28. The Bertz CT molecular complexity index is 1020. The van der Waals surface area contributed by atoms with Crippen LogP contribution in [0.5, 0.6) is 5.75 Å². The summed E-state index contributed by atoms with van der Waals surface area (Å²) >= 11 is 0. The van der Waals surface area contributed by atoms with Crippen molar-refractivity contribution in [3.8, 4) is 5.75 Å². The number of rotatable bonds is 8. The molecule has 0 fully saturated rings. The molecular formula is C18H18N2O7S. The highest BCUT2D eigenvalue weighted by atomic mass is 32.2. The lowest BCUT2D eigenvalue weighted by Crippen LogP contribution is -2.16. The number of hydrogen-bond donors (Lipinski definition) is 4. The molecule has 0 aliphatic carbocycles. The average molecular weight is 406 g/mol. The van der Waals surface area contributed by atoms with Gasteiger partial charge >= 0.3 is 5.97 Å². The number of aliphatic hydroxyl groups is 1. The van der Waals surface area contributed by atoms with Crippen LogP contribution in [0.3, 0.4) is 0 Å². The third-order valence-corrected chi connectivity index (χ3v) is 4.84. The fourth-order valence-electron chi connectivity index (χ4n) is 2.25. The summed E-state index contributed by atoms with van der Waals surface area (Å²) in [4.78, 5) is 21.7. The van der Waals surface area contributed by atoms with E-state index in [2.05, 4.69) is 10.0 Å². The summed E-state index contributed by atoms with van der Waals surface area (Å²) in [7, 11) is -2.77. The number of aliphatic hydroxyl groups excluding tert-OH is 1. The Kier molecular flexibility index (Phi) is 6.74. The first-order chi connectivity index (χ1) is 13.2. The second-order valence-electron chi connectivity index (χ2n) is 5.47. The van der Waals surface area contributed by atoms with Crippen LogP contribution in [-0.2, 0) is 19.6 Å². The molecule has 0 saturated heterocycles. The molecule has 148 valence electrons. The van der Waals surface area contributed by atoms with Gasteiger partial charge in [-0.15, -0.1) is 0 Å². The predicted octanol–water partition coefficient (Wildman–Crippen LogP) is 1.52. The second-order valence-corrected chi connectivity index (χ2v) is 7.13. The molecule has 0 unspecified atom stereocenters. The summed E-state index contributed by atoms with van der Waals surface area (Å²) in [5, 5.41) is 19.9. The summed E-state index contributed by atoms with van der Waals surface area (Å²) in [6, 6.07) is 10.1. The van der Waals surface area contributed by atoms with Gasteiger partial charge in [0, 0.05) is 11.8 Å². The van der Waals surface area contributed by atoms with Crippen LogP contribution in [0.2, 0.25) is 0 Å². The van der Waals surface area contributed by atoms with Gasteiger partial charge in [0.1, 0.15) is 17.3 Å². The highest BCUT2D eigenvalue weighted by molar-refractivity contribution is 7.92. The van der Waals surface area contributed by atoms with Gasteiger partial charge in [0.2, 0.25) is 5.91 Å². The Morgan fingerprint density at radius 1 is 1.14 bits per heavy atom. The van der Waals surface area contributed by atoms with E-state index in [1.807, 2.05) is 0 Å². The maximum atomic E-state index is 12.8. The number of hydrogen-bond acceptors (Lipinski definition) is 6. The van der Waals surface area contributed by atoms with Gasteiger partial charge in [-0.3, -0.25) is 9.52 Å². The van der Waals surface area contributed by atoms with E-state index in [1.165, 1.54) is 55.7 Å². The third kappa shape index (κ3) is 5.56. The van der Waals surface area contributed by atoms with Crippen LogP contribution in [-0.4, -0.2) is 44.2 Å². The molecule has 9 nitrogen and oxygen atoms in total. The fraction of sp³-hybridized carbons (Fsp3) is 0.111. The zero-order valence-electron chi connectivity index (χ0n) is 14.7. The van der Waals surface area contributed by atoms with Crippen molar-refractivity contribution < 1.29 is 33.0 Å². The first kappa shape index (κ1) is 20.9. The van der Waals surface area contributed by atoms with E-state index in [-0.39, 0.29) is 16.3 Å². The van der Waals surface area contributed by atoms with Crippen LogP contribution < -0.4 is 14.8 Å². The summed E-state index contributed by atoms with van der Waals surface area (Å²) in [6.45, 7) is -0.705. The molecule has 0 saturated carbocycles. The number of amides is 1. The number of methoxy groups -OCH3 is 1. The van der Waals surface area contributed by atoms with E-state index < -0.39 is 28.5 Å². The summed E-state index contributed by atoms with van der Waals surface area (Å²) in [6.07, 6.45) is 2.14. The van der Waals surface area contributed by atoms with Crippen LogP contribution in [0, 0.1) is 0 Å². The maximum Gasteiger partial charge on any atom is 0.328 e. The molecule has 0 bridgehead atoms. The van der Waals surface area contributed by atoms with Crippen LogP contribution in [0.15, 0.2) is 53.4 Å². The standard InChI is InChI=1S/C18H18N2O7S/c1-27-15-7-5-12(6-8-18(23)24)9-16(15)28(25,26)20-14-4-2-3-13(10-14)19-17(22)11-21/h2-10,20-21H,11H2,1H3,(H,19,22)(H,23,24)/b8-6+. The molecule has 2 aromatic rings. The van der Waals surface area contributed by atoms with E-state index in [1.54, 1.807) is 0 Å². The van der Waals surface area contributed by atoms with Crippen LogP contribution in [0.25, 0.3) is 6.08 Å². The molecule has 0 aromatic heterocycles. The molecule has 4 N–H and O–H groups in total. The number of ether oxygens (including phenoxy) is 1. The van der Waals surface area contributed by atoms with Crippen LogP contribution in [0.4, 0.5) is 11.4 Å². The van der Waals surface area contributed by atoms with E-state index in [0.717, 1.165) is 6.08 Å². The van der Waals surface area contributed by atoms with Crippen molar-refractivity contribution in [2.75, 3.05) is 23.8 Å². The Morgan fingerprint density at radius 2 is 1.86 bits per heavy atom. The van der Waals surface area contributed by atoms with Gasteiger partial charge in [-0.05, 0) is 42.0 Å². The number of sulfonamides is 1. The molecule has 2 aromatic carbocycles. The van der Waals surface area contributed by atoms with Crippen molar-refractivity contribution >= 4 is 39.4 Å². The zero-order chi connectivity index (χ0) is 20.7. The lowest BCUT2D eigenvalue weighted by Gasteiger charge is -2.13. The van der Waals surface area contributed by atoms with E-state index in [0.29, 0.717) is 11.3 Å². The first-order valence-electron chi connectivity index (χ1n) is 7.88. The SMILES string of the molecule is COc1ccc(/C=C/C(=O)O)cc1S(=O)(=O)Nc1cccc(NC(=O)CO)c1. The van der Waals surface area contributed by atoms with Crippen molar-refractivity contribution in [2.45, 2.75) is 4.90 Å². The summed E-state index contributed by atoms with van der Waals surface area (Å²) in [5.74, 6) is -1.73. The number of carboxylic acids is 1. The van der Waals surface area contributed by atoms with Gasteiger partial charge in [0.15, 0.2) is 0 Å². The second kappa shape index (κ2) is 9.02. The van der Waals surface area contributed by atoms with E-state index in [9.17, 15) is 18.0 Å². The zero-order valence-corrected chi connectivity index (χ0v) is 15.6. The molecule has 28 heavy (non-hydrogen) atoms. The highest BCUT2D eigenvalue weighted by Gasteiger charge is 2.20. The Balaban J connectivity index is 2.36. The van der Waals surface area contributed by atoms with Crippen molar-refractivity contribution in [3.63, 3.8) is 0 Å². The lowest BCUT2D eigenvalue weighted by atomic mass is 10.2. The molecular weight excluding hydrogens is 388 g/mol. The lowest BCUT2D eigenvalue weighted by molar-refractivity contribution is -0.131. The smallest absolute Gasteiger partial charge is 0.328 e. The van der Waals surface area contributed by atoms with Crippen molar-refractivity contribution in [3.05, 3.63) is 54.1 Å². The quantitative estimate of drug-likeness (QED) is 0.487. The van der Waals surface area contributed by atoms with Crippen molar-refractivity contribution in [2.24, 2.45) is 0 Å². The summed E-state index contributed by atoms with van der Waals surface area (Å²) < 4.78 is 33.1. The normalized spacial score (nSPS) is 11.2. The van der Waals surface area contributed by atoms with E-state index in [4.69, 9.17) is 14.9 Å². The minimum atomic E-state index is -4.09. The molecule has 2 rings (SSSR count). The largest absolute Gasteiger partial charge is 0.495 e. The van der Waals surface area contributed by atoms with Crippen molar-refractivity contribution in [1.82, 2.24) is 0 Å². The van der Waals surface area contributed by atoms with Gasteiger partial charge in [-0.1, -0.05) is 12.1 Å². The molecule has 0 radical (unpaired) electrons. The van der Waals surface area contributed by atoms with Gasteiger partial charge in [-0.2, -0.15) is 0 Å². The maximum absolute atomic E-state index is 12.8. The monoisotopic (exact) mass is 406 g/mol. The van der Waals surface area contributed by atoms with Crippen molar-refractivity contribution in [1.29, 1.82) is 0 Å². The van der Waals surface area contributed by atoms with Gasteiger partial charge in [0.05, 0.1) is 12.8 Å². The topological polar surface area (TPSA) is 142 Å². The number of carboxylic acid groups (broad SMARTS) is 1. The number of aliphatic carboxylic acids is 1. The molecule has 1 amide bonds. The van der Waals surface area contributed by atoms with Gasteiger partial charge < -0.3 is 20.3 Å². The first-order valence-corrected chi connectivity index (χ1v) is 9.36. The van der Waals surface area contributed by atoms with E-state index >= 15 is 0 Å². The minimum absolute atomic E-state index is 0.0738. The molecule has 0 aliphatic rings. The van der Waals surface area contributed by atoms with Crippen LogP contribution >= 0.6 is 0 Å². The average Bonchev–Trinajstić information content (AvgIpc) is 2.66. The van der Waals surface area contributed by atoms with Gasteiger partial charge in [0.25, 0.3) is 10.0 Å². The minimum Gasteiger partial charge on any atom is -0.495 e. The number of carbonyl (C=O) groups is 2. The number of carbonyl (C=O) groups excluding carboxylic acids is 1. The number of nitrogens with one attached hydrogen (secondary N) is 2. The third-order valence-electron chi connectivity index (χ3n) is 3.44. The number of benzene rings is 2. The van der Waals surface area contributed by atoms with Crippen LogP contribution in [0.1, 0.15) is 5.56 Å². The number of anilines is 2. The Hall–Kier alpha value is -3.37. The molecule has 0 spiro atoms. The van der Waals surface area contributed by atoms with Gasteiger partial charge in [-0.25, -0.2) is 13.2 Å².